The summed E-state index contributed by atoms with van der Waals surface area (Å²) in [7, 11) is -1.91. The summed E-state index contributed by atoms with van der Waals surface area (Å²) in [6.07, 6.45) is 4.79. The van der Waals surface area contributed by atoms with Gasteiger partial charge in [-0.3, -0.25) is 4.68 Å². The second kappa shape index (κ2) is 9.29. The maximum atomic E-state index is 12.5. The Morgan fingerprint density at radius 2 is 1.91 bits per heavy atom. The molecule has 0 amide bonds. The smallest absolute Gasteiger partial charge is 0.277 e. The van der Waals surface area contributed by atoms with Gasteiger partial charge in [0.15, 0.2) is 5.82 Å². The molecule has 0 saturated carbocycles. The van der Waals surface area contributed by atoms with Crippen LogP contribution in [0.3, 0.4) is 0 Å². The molecule has 2 aromatic heterocycles. The highest BCUT2D eigenvalue weighted by atomic mass is 35.5. The van der Waals surface area contributed by atoms with E-state index in [1.165, 1.54) is 6.20 Å². The van der Waals surface area contributed by atoms with Crippen molar-refractivity contribution >= 4 is 39.3 Å². The first-order chi connectivity index (χ1) is 15.9. The van der Waals surface area contributed by atoms with Gasteiger partial charge in [-0.25, -0.2) is 4.98 Å². The molecule has 180 valence electrons. The Hall–Kier alpha value is -2.07. The van der Waals surface area contributed by atoms with E-state index in [-0.39, 0.29) is 24.8 Å². The van der Waals surface area contributed by atoms with Crippen LogP contribution in [0.1, 0.15) is 6.42 Å². The molecule has 3 unspecified atom stereocenters. The van der Waals surface area contributed by atoms with Crippen molar-refractivity contribution in [2.75, 3.05) is 37.1 Å². The number of halogens is 1. The van der Waals surface area contributed by atoms with E-state index in [1.807, 2.05) is 7.05 Å². The van der Waals surface area contributed by atoms with E-state index in [4.69, 9.17) is 25.8 Å². The first-order valence-corrected chi connectivity index (χ1v) is 12.4. The van der Waals surface area contributed by atoms with Gasteiger partial charge in [0.25, 0.3) is 10.2 Å². The molecule has 4 N–H and O–H groups in total. The van der Waals surface area contributed by atoms with Crippen molar-refractivity contribution in [1.82, 2.24) is 29.2 Å². The summed E-state index contributed by atoms with van der Waals surface area (Å²) >= 11 is 6.30. The van der Waals surface area contributed by atoms with Crippen molar-refractivity contribution in [2.24, 2.45) is 7.05 Å². The fraction of sp³-hybridized carbons (Fsp3) is 0.611. The first kappa shape index (κ1) is 22.7. The molecule has 5 rings (SSSR count). The third kappa shape index (κ3) is 5.21. The molecule has 3 aliphatic rings. The lowest BCUT2D eigenvalue weighted by Crippen LogP contribution is -2.51. The SMILES string of the molecule is Cn1cc(Nc2ncc(Cl)c(N[C@@H]3COC4C3OC[C@@H]4NS(=O)(=O)NC3CCOC3)n2)cn1. The average Bonchev–Trinajstić information content (AvgIpc) is 3.54. The monoisotopic (exact) mass is 500 g/mol. The fourth-order valence-corrected chi connectivity index (χ4v) is 5.56. The molecule has 5 heterocycles. The Morgan fingerprint density at radius 3 is 2.64 bits per heavy atom. The number of aromatic nitrogens is 4. The fourth-order valence-electron chi connectivity index (χ4n) is 4.12. The van der Waals surface area contributed by atoms with E-state index in [0.29, 0.717) is 43.0 Å². The van der Waals surface area contributed by atoms with E-state index in [2.05, 4.69) is 35.1 Å². The Bertz CT molecular complexity index is 1100. The van der Waals surface area contributed by atoms with Crippen LogP contribution in [0.15, 0.2) is 18.6 Å². The van der Waals surface area contributed by atoms with Gasteiger partial charge >= 0.3 is 0 Å². The molecule has 2 aromatic rings. The van der Waals surface area contributed by atoms with Crippen LogP contribution in [0, 0.1) is 0 Å². The minimum absolute atomic E-state index is 0.195. The number of fused-ring (bicyclic) bond motifs is 1. The average molecular weight is 501 g/mol. The zero-order valence-corrected chi connectivity index (χ0v) is 19.3. The van der Waals surface area contributed by atoms with Crippen LogP contribution in [0.4, 0.5) is 17.5 Å². The highest BCUT2D eigenvalue weighted by molar-refractivity contribution is 7.87. The third-order valence-corrected chi connectivity index (χ3v) is 7.17. The van der Waals surface area contributed by atoms with E-state index >= 15 is 0 Å². The molecule has 0 aliphatic carbocycles. The highest BCUT2D eigenvalue weighted by Gasteiger charge is 2.49. The molecule has 3 aliphatic heterocycles. The van der Waals surface area contributed by atoms with E-state index in [9.17, 15) is 8.42 Å². The van der Waals surface area contributed by atoms with Gasteiger partial charge in [0.2, 0.25) is 5.95 Å². The summed E-state index contributed by atoms with van der Waals surface area (Å²) in [5, 5.41) is 10.8. The number of nitrogens with one attached hydrogen (secondary N) is 4. The van der Waals surface area contributed by atoms with Gasteiger partial charge in [0, 0.05) is 25.9 Å². The van der Waals surface area contributed by atoms with Gasteiger partial charge in [-0.15, -0.1) is 0 Å². The Morgan fingerprint density at radius 1 is 1.12 bits per heavy atom. The molecule has 0 radical (unpaired) electrons. The van der Waals surface area contributed by atoms with Crippen molar-refractivity contribution in [3.05, 3.63) is 23.6 Å². The van der Waals surface area contributed by atoms with Crippen molar-refractivity contribution in [2.45, 2.75) is 36.8 Å². The minimum atomic E-state index is -3.72. The van der Waals surface area contributed by atoms with Crippen LogP contribution < -0.4 is 20.1 Å². The molecule has 13 nitrogen and oxygen atoms in total. The summed E-state index contributed by atoms with van der Waals surface area (Å²) in [5.41, 5.74) is 0.738. The molecular weight excluding hydrogens is 476 g/mol. The molecule has 5 atom stereocenters. The number of hydrogen-bond acceptors (Lipinski definition) is 10. The van der Waals surface area contributed by atoms with Gasteiger partial charge in [0.05, 0.1) is 50.0 Å². The number of rotatable bonds is 8. The molecular formula is C18H25ClN8O5S. The molecule has 0 bridgehead atoms. The Labute approximate surface area is 195 Å². The number of nitrogens with zero attached hydrogens (tertiary/aromatic N) is 4. The van der Waals surface area contributed by atoms with Crippen LogP contribution in [-0.2, 0) is 31.5 Å². The number of anilines is 3. The minimum Gasteiger partial charge on any atom is -0.380 e. The largest absolute Gasteiger partial charge is 0.380 e. The number of hydrogen-bond donors (Lipinski definition) is 4. The summed E-state index contributed by atoms with van der Waals surface area (Å²) in [6, 6.07) is -1.00. The molecule has 3 fully saturated rings. The van der Waals surface area contributed by atoms with Gasteiger partial charge in [0.1, 0.15) is 17.2 Å². The predicted molar refractivity (Wildman–Crippen MR) is 119 cm³/mol. The van der Waals surface area contributed by atoms with Crippen molar-refractivity contribution in [3.63, 3.8) is 0 Å². The number of aryl methyl sites for hydroxylation is 1. The second-order valence-corrected chi connectivity index (χ2v) is 10.1. The quantitative estimate of drug-likeness (QED) is 0.382. The van der Waals surface area contributed by atoms with Crippen LogP contribution >= 0.6 is 11.6 Å². The van der Waals surface area contributed by atoms with Crippen LogP contribution in [0.25, 0.3) is 0 Å². The van der Waals surface area contributed by atoms with Crippen LogP contribution in [0.2, 0.25) is 5.02 Å². The van der Waals surface area contributed by atoms with E-state index in [0.717, 1.165) is 5.69 Å². The third-order valence-electron chi connectivity index (χ3n) is 5.64. The van der Waals surface area contributed by atoms with Crippen molar-refractivity contribution < 1.29 is 22.6 Å². The topological polar surface area (TPSA) is 154 Å². The zero-order valence-electron chi connectivity index (χ0n) is 17.8. The van der Waals surface area contributed by atoms with E-state index in [1.54, 1.807) is 17.1 Å². The lowest BCUT2D eigenvalue weighted by molar-refractivity contribution is 0.0690. The van der Waals surface area contributed by atoms with Gasteiger partial charge in [-0.1, -0.05) is 11.6 Å². The number of ether oxygens (including phenoxy) is 3. The van der Waals surface area contributed by atoms with Crippen molar-refractivity contribution in [3.8, 4) is 0 Å². The molecule has 33 heavy (non-hydrogen) atoms. The summed E-state index contributed by atoms with van der Waals surface area (Å²) in [6.45, 7) is 1.42. The molecule has 3 saturated heterocycles. The van der Waals surface area contributed by atoms with Crippen LogP contribution in [-0.4, -0.2) is 84.9 Å². The predicted octanol–water partition coefficient (Wildman–Crippen LogP) is -0.233. The lowest BCUT2D eigenvalue weighted by atomic mass is 10.1. The van der Waals surface area contributed by atoms with Gasteiger partial charge < -0.3 is 24.8 Å². The Kier molecular flexibility index (Phi) is 6.39. The molecule has 15 heteroatoms. The zero-order chi connectivity index (χ0) is 23.0. The van der Waals surface area contributed by atoms with Gasteiger partial charge in [-0.05, 0) is 6.42 Å². The summed E-state index contributed by atoms with van der Waals surface area (Å²) < 4.78 is 48.9. The first-order valence-electron chi connectivity index (χ1n) is 10.5. The van der Waals surface area contributed by atoms with E-state index < -0.39 is 22.4 Å². The standard InChI is InChI=1S/C18H25ClN8O5S/c1-27-6-11(4-21-27)22-18-20-5-12(19)17(24-18)23-13-8-31-16-14(9-32-15(13)16)26-33(28,29)25-10-2-3-30-7-10/h4-6,10,13-16,25-26H,2-3,7-9H2,1H3,(H2,20,22,23,24)/t10?,13-,14+,15?,16?/m1/s1. The normalized spacial score (nSPS) is 29.3. The van der Waals surface area contributed by atoms with Crippen molar-refractivity contribution in [1.29, 1.82) is 0 Å². The molecule has 0 aromatic carbocycles. The van der Waals surface area contributed by atoms with Crippen LogP contribution in [0.5, 0.6) is 0 Å². The Balaban J connectivity index is 1.21. The maximum absolute atomic E-state index is 12.5. The lowest BCUT2D eigenvalue weighted by Gasteiger charge is -2.20. The molecule has 0 spiro atoms. The second-order valence-electron chi connectivity index (χ2n) is 8.17. The maximum Gasteiger partial charge on any atom is 0.277 e. The highest BCUT2D eigenvalue weighted by Crippen LogP contribution is 2.31. The summed E-state index contributed by atoms with van der Waals surface area (Å²) in [5.74, 6) is 0.771. The van der Waals surface area contributed by atoms with Gasteiger partial charge in [-0.2, -0.15) is 27.9 Å². The summed E-state index contributed by atoms with van der Waals surface area (Å²) in [4.78, 5) is 8.64.